The second-order valence-corrected chi connectivity index (χ2v) is 14.0. The Labute approximate surface area is 266 Å². The van der Waals surface area contributed by atoms with E-state index < -0.39 is 17.0 Å². The van der Waals surface area contributed by atoms with Gasteiger partial charge in [-0.15, -0.1) is 0 Å². The summed E-state index contributed by atoms with van der Waals surface area (Å²) in [4.78, 5) is 30.8. The van der Waals surface area contributed by atoms with E-state index in [4.69, 9.17) is 18.9 Å². The van der Waals surface area contributed by atoms with Crippen molar-refractivity contribution in [3.63, 3.8) is 0 Å². The number of hydrogen-bond acceptors (Lipinski definition) is 8. The molecule has 250 valence electrons. The van der Waals surface area contributed by atoms with E-state index in [1.165, 1.54) is 0 Å². The highest BCUT2D eigenvalue weighted by Gasteiger charge is 2.35. The average Bonchev–Trinajstić information content (AvgIpc) is 3.85. The molecule has 6 atom stereocenters. The Morgan fingerprint density at radius 3 is 1.86 bits per heavy atom. The Kier molecular flexibility index (Phi) is 13.9. The minimum atomic E-state index is -0.694. The van der Waals surface area contributed by atoms with E-state index in [1.54, 1.807) is 0 Å². The predicted molar refractivity (Wildman–Crippen MR) is 174 cm³/mol. The number of alkyl carbamates (subject to hydrolysis) is 1. The maximum atomic E-state index is 13.2. The number of unbranched alkanes of at least 4 members (excludes halogenated alkanes) is 2. The van der Waals surface area contributed by atoms with E-state index in [2.05, 4.69) is 62.7 Å². The molecule has 44 heavy (non-hydrogen) atoms. The Bertz CT molecular complexity index is 970. The lowest BCUT2D eigenvalue weighted by Crippen LogP contribution is -2.44. The molecule has 2 aliphatic heterocycles. The van der Waals surface area contributed by atoms with Gasteiger partial charge in [0.05, 0.1) is 25.2 Å². The SMILES string of the molecule is CCCCOCC(CN1CC1C)OC(=O)CC(C)(C)c1cccc(C(C)(C)NC(=O)OC(COCCCC)CN2CC2C)c1. The average molecular weight is 618 g/mol. The summed E-state index contributed by atoms with van der Waals surface area (Å²) in [6, 6.07) is 9.12. The van der Waals surface area contributed by atoms with Gasteiger partial charge in [0.15, 0.2) is 0 Å². The van der Waals surface area contributed by atoms with Crippen LogP contribution in [0.3, 0.4) is 0 Å². The lowest BCUT2D eigenvalue weighted by Gasteiger charge is -2.31. The van der Waals surface area contributed by atoms with Crippen LogP contribution in [0.15, 0.2) is 24.3 Å². The fourth-order valence-electron chi connectivity index (χ4n) is 5.31. The zero-order chi connectivity index (χ0) is 32.3. The molecule has 9 nitrogen and oxygen atoms in total. The molecule has 0 spiro atoms. The van der Waals surface area contributed by atoms with Crippen LogP contribution in [0.4, 0.5) is 4.79 Å². The van der Waals surface area contributed by atoms with Gasteiger partial charge in [-0.3, -0.25) is 14.6 Å². The normalized spacial score (nSPS) is 22.6. The Balaban J connectivity index is 1.58. The zero-order valence-corrected chi connectivity index (χ0v) is 28.7. The number of amides is 1. The van der Waals surface area contributed by atoms with E-state index in [0.29, 0.717) is 51.6 Å². The summed E-state index contributed by atoms with van der Waals surface area (Å²) in [7, 11) is 0. The second kappa shape index (κ2) is 16.9. The summed E-state index contributed by atoms with van der Waals surface area (Å²) in [6.45, 7) is 22.2. The minimum absolute atomic E-state index is 0.229. The zero-order valence-electron chi connectivity index (χ0n) is 28.7. The monoisotopic (exact) mass is 617 g/mol. The Morgan fingerprint density at radius 1 is 0.864 bits per heavy atom. The largest absolute Gasteiger partial charge is 0.459 e. The molecule has 2 heterocycles. The van der Waals surface area contributed by atoms with Gasteiger partial charge in [0.25, 0.3) is 0 Å². The van der Waals surface area contributed by atoms with Crippen LogP contribution in [0, 0.1) is 0 Å². The number of benzene rings is 1. The molecule has 2 aliphatic rings. The summed E-state index contributed by atoms with van der Waals surface area (Å²) in [6.07, 6.45) is 3.29. The summed E-state index contributed by atoms with van der Waals surface area (Å²) < 4.78 is 23.4. The van der Waals surface area contributed by atoms with Gasteiger partial charge in [0.1, 0.15) is 12.2 Å². The van der Waals surface area contributed by atoms with Crippen molar-refractivity contribution in [2.45, 2.75) is 123 Å². The van der Waals surface area contributed by atoms with Crippen molar-refractivity contribution in [3.05, 3.63) is 35.4 Å². The molecular formula is C35H59N3O6. The number of nitrogens with one attached hydrogen (secondary N) is 1. The number of nitrogens with zero attached hydrogens (tertiary/aromatic N) is 2. The van der Waals surface area contributed by atoms with Crippen LogP contribution in [-0.4, -0.2) is 98.8 Å². The summed E-state index contributed by atoms with van der Waals surface area (Å²) >= 11 is 0. The molecule has 3 rings (SSSR count). The van der Waals surface area contributed by atoms with Crippen LogP contribution in [0.2, 0.25) is 0 Å². The molecule has 0 saturated carbocycles. The van der Waals surface area contributed by atoms with Crippen LogP contribution >= 0.6 is 0 Å². The first-order chi connectivity index (χ1) is 20.8. The van der Waals surface area contributed by atoms with Crippen molar-refractivity contribution in [1.82, 2.24) is 15.1 Å². The van der Waals surface area contributed by atoms with Gasteiger partial charge in [-0.2, -0.15) is 0 Å². The molecule has 0 aromatic heterocycles. The highest BCUT2D eigenvalue weighted by Crippen LogP contribution is 2.31. The number of esters is 1. The first-order valence-corrected chi connectivity index (χ1v) is 16.8. The van der Waals surface area contributed by atoms with Crippen molar-refractivity contribution in [2.75, 3.05) is 52.6 Å². The molecule has 0 aliphatic carbocycles. The first kappa shape index (κ1) is 36.3. The van der Waals surface area contributed by atoms with E-state index in [-0.39, 0.29) is 24.6 Å². The number of rotatable bonds is 21. The topological polar surface area (TPSA) is 89.1 Å². The number of carbonyl (C=O) groups excluding carboxylic acids is 2. The van der Waals surface area contributed by atoms with Crippen LogP contribution < -0.4 is 5.32 Å². The fraction of sp³-hybridized carbons (Fsp3) is 0.771. The van der Waals surface area contributed by atoms with Crippen molar-refractivity contribution < 1.29 is 28.5 Å². The Hall–Kier alpha value is -2.20. The van der Waals surface area contributed by atoms with Gasteiger partial charge in [-0.25, -0.2) is 4.79 Å². The third-order valence-corrected chi connectivity index (χ3v) is 8.68. The highest BCUT2D eigenvalue weighted by atomic mass is 16.6. The minimum Gasteiger partial charge on any atom is -0.459 e. The van der Waals surface area contributed by atoms with Gasteiger partial charge in [-0.05, 0) is 51.7 Å². The number of carbonyl (C=O) groups is 2. The summed E-state index contributed by atoms with van der Waals surface area (Å²) in [5.74, 6) is -0.229. The predicted octanol–water partition coefficient (Wildman–Crippen LogP) is 5.64. The smallest absolute Gasteiger partial charge is 0.408 e. The van der Waals surface area contributed by atoms with Gasteiger partial charge in [0.2, 0.25) is 0 Å². The van der Waals surface area contributed by atoms with Crippen LogP contribution in [-0.2, 0) is 34.7 Å². The molecular weight excluding hydrogens is 558 g/mol. The van der Waals surface area contributed by atoms with Crippen molar-refractivity contribution in [3.8, 4) is 0 Å². The third kappa shape index (κ3) is 12.3. The molecule has 0 radical (unpaired) electrons. The molecule has 2 fully saturated rings. The van der Waals surface area contributed by atoms with Crippen molar-refractivity contribution >= 4 is 12.1 Å². The summed E-state index contributed by atoms with van der Waals surface area (Å²) in [5.41, 5.74) is 0.770. The third-order valence-electron chi connectivity index (χ3n) is 8.68. The molecule has 2 saturated heterocycles. The number of ether oxygens (including phenoxy) is 4. The molecule has 1 aromatic carbocycles. The van der Waals surface area contributed by atoms with Gasteiger partial charge in [-0.1, -0.05) is 64.8 Å². The quantitative estimate of drug-likeness (QED) is 0.108. The van der Waals surface area contributed by atoms with Gasteiger partial charge < -0.3 is 24.3 Å². The van der Waals surface area contributed by atoms with E-state index in [9.17, 15) is 9.59 Å². The second-order valence-electron chi connectivity index (χ2n) is 14.0. The highest BCUT2D eigenvalue weighted by molar-refractivity contribution is 5.72. The summed E-state index contributed by atoms with van der Waals surface area (Å²) in [5, 5.41) is 3.07. The molecule has 1 amide bonds. The van der Waals surface area contributed by atoms with Crippen LogP contribution in [0.25, 0.3) is 0 Å². The maximum absolute atomic E-state index is 13.2. The fourth-order valence-corrected chi connectivity index (χ4v) is 5.31. The van der Waals surface area contributed by atoms with E-state index in [0.717, 1.165) is 49.9 Å². The van der Waals surface area contributed by atoms with E-state index in [1.807, 2.05) is 32.0 Å². The van der Waals surface area contributed by atoms with Crippen molar-refractivity contribution in [1.29, 1.82) is 0 Å². The maximum Gasteiger partial charge on any atom is 0.408 e. The molecule has 1 N–H and O–H groups in total. The first-order valence-electron chi connectivity index (χ1n) is 16.8. The van der Waals surface area contributed by atoms with Crippen LogP contribution in [0.1, 0.15) is 98.6 Å². The number of hydrogen-bond donors (Lipinski definition) is 1. The molecule has 1 aromatic rings. The van der Waals surface area contributed by atoms with Gasteiger partial charge in [0, 0.05) is 56.9 Å². The molecule has 6 unspecified atom stereocenters. The standard InChI is InChI=1S/C35H59N3O6/c1-9-11-16-41-24-30(22-37-20-26(37)3)43-32(39)19-34(5,6)28-14-13-15-29(18-28)35(7,8)36-33(40)44-31(23-38-21-27(38)4)25-42-17-12-10-2/h13-15,18,26-27,30-31H,9-12,16-17,19-25H2,1-8H3,(H,36,40). The van der Waals surface area contributed by atoms with Crippen molar-refractivity contribution in [2.24, 2.45) is 0 Å². The lowest BCUT2D eigenvalue weighted by molar-refractivity contribution is -0.154. The van der Waals surface area contributed by atoms with E-state index >= 15 is 0 Å². The lowest BCUT2D eigenvalue weighted by atomic mass is 9.79. The van der Waals surface area contributed by atoms with Crippen LogP contribution in [0.5, 0.6) is 0 Å². The van der Waals surface area contributed by atoms with Gasteiger partial charge >= 0.3 is 12.1 Å². The molecule has 9 heteroatoms. The molecule has 0 bridgehead atoms. The Morgan fingerprint density at radius 2 is 1.36 bits per heavy atom.